The lowest BCUT2D eigenvalue weighted by Gasteiger charge is -2.22. The van der Waals surface area contributed by atoms with Crippen LogP contribution in [0.15, 0.2) is 47.4 Å². The molecule has 1 aliphatic rings. The molecule has 0 heterocycles. The van der Waals surface area contributed by atoms with Gasteiger partial charge in [0.1, 0.15) is 5.75 Å². The Hall–Kier alpha value is -2.30. The van der Waals surface area contributed by atoms with Crippen molar-refractivity contribution >= 4 is 33.2 Å². The SMILES string of the molecule is O=C(COc1ccc(S(=O)(=O)NC2CCCCC2)cc1Cl)Nc1ccccc1C(F)(F)F. The number of nitrogens with one attached hydrogen (secondary N) is 2. The number of halogens is 4. The number of carbonyl (C=O) groups excluding carboxylic acids is 1. The van der Waals surface area contributed by atoms with E-state index >= 15 is 0 Å². The van der Waals surface area contributed by atoms with Crippen molar-refractivity contribution < 1.29 is 31.1 Å². The Morgan fingerprint density at radius 1 is 1.09 bits per heavy atom. The van der Waals surface area contributed by atoms with Crippen molar-refractivity contribution in [3.63, 3.8) is 0 Å². The van der Waals surface area contributed by atoms with Crippen molar-refractivity contribution in [2.45, 2.75) is 49.2 Å². The van der Waals surface area contributed by atoms with Gasteiger partial charge in [0.15, 0.2) is 6.61 Å². The molecule has 0 radical (unpaired) electrons. The van der Waals surface area contributed by atoms with Crippen LogP contribution in [0.25, 0.3) is 0 Å². The molecule has 0 spiro atoms. The monoisotopic (exact) mass is 490 g/mol. The van der Waals surface area contributed by atoms with Crippen molar-refractivity contribution in [3.8, 4) is 5.75 Å². The summed E-state index contributed by atoms with van der Waals surface area (Å²) >= 11 is 6.11. The molecule has 2 N–H and O–H groups in total. The number of hydrogen-bond acceptors (Lipinski definition) is 4. The summed E-state index contributed by atoms with van der Waals surface area (Å²) < 4.78 is 72.2. The molecule has 0 atom stereocenters. The van der Waals surface area contributed by atoms with Gasteiger partial charge < -0.3 is 10.1 Å². The third kappa shape index (κ3) is 6.36. The number of rotatable bonds is 7. The van der Waals surface area contributed by atoms with E-state index in [0.717, 1.165) is 44.2 Å². The van der Waals surface area contributed by atoms with Crippen LogP contribution in [0, 0.1) is 0 Å². The Labute approximate surface area is 189 Å². The first kappa shape index (κ1) is 24.3. The molecule has 6 nitrogen and oxygen atoms in total. The minimum atomic E-state index is -4.62. The molecule has 1 saturated carbocycles. The van der Waals surface area contributed by atoms with Crippen molar-refractivity contribution in [2.75, 3.05) is 11.9 Å². The van der Waals surface area contributed by atoms with E-state index in [9.17, 15) is 26.4 Å². The minimum absolute atomic E-state index is 0.0301. The fraction of sp³-hybridized carbons (Fsp3) is 0.381. The molecular formula is C21H22ClF3N2O4S. The number of anilines is 1. The lowest BCUT2D eigenvalue weighted by Crippen LogP contribution is -2.36. The first-order valence-corrected chi connectivity index (χ1v) is 11.8. The quantitative estimate of drug-likeness (QED) is 0.573. The van der Waals surface area contributed by atoms with Crippen LogP contribution in [0.1, 0.15) is 37.7 Å². The van der Waals surface area contributed by atoms with Crippen molar-refractivity contribution in [1.82, 2.24) is 4.72 Å². The Bertz CT molecular complexity index is 1070. The summed E-state index contributed by atoms with van der Waals surface area (Å²) in [6, 6.07) is 8.25. The maximum Gasteiger partial charge on any atom is 0.418 e. The minimum Gasteiger partial charge on any atom is -0.482 e. The van der Waals surface area contributed by atoms with Crippen molar-refractivity contribution in [1.29, 1.82) is 0 Å². The lowest BCUT2D eigenvalue weighted by molar-refractivity contribution is -0.137. The van der Waals surface area contributed by atoms with Gasteiger partial charge in [-0.1, -0.05) is 43.0 Å². The molecule has 0 unspecified atom stereocenters. The first-order valence-electron chi connectivity index (χ1n) is 9.97. The zero-order chi connectivity index (χ0) is 23.4. The van der Waals surface area contributed by atoms with Crippen LogP contribution >= 0.6 is 11.6 Å². The average molecular weight is 491 g/mol. The molecular weight excluding hydrogens is 469 g/mol. The van der Waals surface area contributed by atoms with Gasteiger partial charge in [0.25, 0.3) is 5.91 Å². The highest BCUT2D eigenvalue weighted by molar-refractivity contribution is 7.89. The number of carbonyl (C=O) groups is 1. The maximum absolute atomic E-state index is 13.0. The molecule has 0 bridgehead atoms. The molecule has 0 aromatic heterocycles. The summed E-state index contributed by atoms with van der Waals surface area (Å²) in [4.78, 5) is 12.0. The van der Waals surface area contributed by atoms with Gasteiger partial charge in [0.2, 0.25) is 10.0 Å². The fourth-order valence-corrected chi connectivity index (χ4v) is 5.07. The largest absolute Gasteiger partial charge is 0.482 e. The highest BCUT2D eigenvalue weighted by Crippen LogP contribution is 2.34. The summed E-state index contributed by atoms with van der Waals surface area (Å²) in [5, 5.41) is 2.11. The van der Waals surface area contributed by atoms with E-state index in [1.54, 1.807) is 0 Å². The normalized spacial score (nSPS) is 15.4. The third-order valence-corrected chi connectivity index (χ3v) is 6.82. The van der Waals surface area contributed by atoms with Gasteiger partial charge in [-0.25, -0.2) is 13.1 Å². The molecule has 2 aromatic carbocycles. The molecule has 0 saturated heterocycles. The highest BCUT2D eigenvalue weighted by atomic mass is 35.5. The van der Waals surface area contributed by atoms with E-state index < -0.39 is 40.0 Å². The number of hydrogen-bond donors (Lipinski definition) is 2. The molecule has 174 valence electrons. The van der Waals surface area contributed by atoms with Crippen LogP contribution in [0.5, 0.6) is 5.75 Å². The fourth-order valence-electron chi connectivity index (χ4n) is 3.44. The second-order valence-electron chi connectivity index (χ2n) is 7.43. The van der Waals surface area contributed by atoms with Crippen LogP contribution in [-0.2, 0) is 21.0 Å². The summed E-state index contributed by atoms with van der Waals surface area (Å²) in [5.74, 6) is -0.795. The van der Waals surface area contributed by atoms with Crippen LogP contribution < -0.4 is 14.8 Å². The molecule has 11 heteroatoms. The predicted molar refractivity (Wildman–Crippen MR) is 114 cm³/mol. The summed E-state index contributed by atoms with van der Waals surface area (Å²) in [6.07, 6.45) is -0.0413. The Morgan fingerprint density at radius 2 is 1.78 bits per heavy atom. The highest BCUT2D eigenvalue weighted by Gasteiger charge is 2.33. The molecule has 1 fully saturated rings. The number of benzene rings is 2. The Balaban J connectivity index is 1.62. The Kier molecular flexibility index (Phi) is 7.68. The average Bonchev–Trinajstić information content (AvgIpc) is 2.73. The van der Waals surface area contributed by atoms with Crippen LogP contribution in [-0.4, -0.2) is 27.0 Å². The topological polar surface area (TPSA) is 84.5 Å². The molecule has 0 aliphatic heterocycles. The number of para-hydroxylation sites is 1. The van der Waals surface area contributed by atoms with Gasteiger partial charge >= 0.3 is 6.18 Å². The predicted octanol–water partition coefficient (Wildman–Crippen LogP) is 4.99. The zero-order valence-corrected chi connectivity index (χ0v) is 18.5. The summed E-state index contributed by atoms with van der Waals surface area (Å²) in [5.41, 5.74) is -1.37. The molecule has 2 aromatic rings. The smallest absolute Gasteiger partial charge is 0.418 e. The van der Waals surface area contributed by atoms with Gasteiger partial charge in [-0.3, -0.25) is 4.79 Å². The summed E-state index contributed by atoms with van der Waals surface area (Å²) in [6.45, 7) is -0.613. The number of sulfonamides is 1. The third-order valence-electron chi connectivity index (χ3n) is 5.01. The van der Waals surface area contributed by atoms with Crippen LogP contribution in [0.4, 0.5) is 18.9 Å². The van der Waals surface area contributed by atoms with Gasteiger partial charge in [-0.05, 0) is 43.2 Å². The van der Waals surface area contributed by atoms with Gasteiger partial charge in [-0.15, -0.1) is 0 Å². The van der Waals surface area contributed by atoms with E-state index in [1.807, 2.05) is 0 Å². The Morgan fingerprint density at radius 3 is 2.44 bits per heavy atom. The van der Waals surface area contributed by atoms with Crippen molar-refractivity contribution in [2.24, 2.45) is 0 Å². The van der Waals surface area contributed by atoms with Crippen LogP contribution in [0.2, 0.25) is 5.02 Å². The van der Waals surface area contributed by atoms with E-state index in [0.29, 0.717) is 0 Å². The molecule has 1 amide bonds. The van der Waals surface area contributed by atoms with Crippen LogP contribution in [0.3, 0.4) is 0 Å². The van der Waals surface area contributed by atoms with Crippen molar-refractivity contribution in [3.05, 3.63) is 53.1 Å². The van der Waals surface area contributed by atoms with Gasteiger partial charge in [-0.2, -0.15) is 13.2 Å². The zero-order valence-electron chi connectivity index (χ0n) is 16.9. The van der Waals surface area contributed by atoms with E-state index in [1.165, 1.54) is 30.3 Å². The van der Waals surface area contributed by atoms with E-state index in [-0.39, 0.29) is 21.7 Å². The maximum atomic E-state index is 13.0. The number of amides is 1. The van der Waals surface area contributed by atoms with Gasteiger partial charge in [0, 0.05) is 6.04 Å². The molecule has 3 rings (SSSR count). The first-order chi connectivity index (χ1) is 15.1. The van der Waals surface area contributed by atoms with E-state index in [4.69, 9.17) is 16.3 Å². The second-order valence-corrected chi connectivity index (χ2v) is 9.55. The standard InChI is InChI=1S/C21H22ClF3N2O4S/c22-17-12-15(32(29,30)27-14-6-2-1-3-7-14)10-11-19(17)31-13-20(28)26-18-9-5-4-8-16(18)21(23,24)25/h4-5,8-12,14,27H,1-3,6-7,13H2,(H,26,28). The number of alkyl halides is 3. The number of ether oxygens (including phenoxy) is 1. The van der Waals surface area contributed by atoms with Gasteiger partial charge in [0.05, 0.1) is 21.2 Å². The molecule has 1 aliphatic carbocycles. The second kappa shape index (κ2) is 10.1. The van der Waals surface area contributed by atoms with E-state index in [2.05, 4.69) is 10.0 Å². The molecule has 32 heavy (non-hydrogen) atoms. The summed E-state index contributed by atoms with van der Waals surface area (Å²) in [7, 11) is -3.77. The lowest BCUT2D eigenvalue weighted by atomic mass is 9.96.